The molecule has 1 saturated heterocycles. The Morgan fingerprint density at radius 1 is 1.28 bits per heavy atom. The Balaban J connectivity index is 2.16. The maximum Gasteiger partial charge on any atom is 0.0635 e. The lowest BCUT2D eigenvalue weighted by Gasteiger charge is -2.41. The van der Waals surface area contributed by atoms with Gasteiger partial charge in [-0.25, -0.2) is 0 Å². The lowest BCUT2D eigenvalue weighted by atomic mass is 9.70. The van der Waals surface area contributed by atoms with Gasteiger partial charge >= 0.3 is 0 Å². The number of aliphatic hydroxyl groups is 1. The summed E-state index contributed by atoms with van der Waals surface area (Å²) in [5, 5.41) is 10.5. The molecule has 0 aromatic heterocycles. The van der Waals surface area contributed by atoms with E-state index in [-0.39, 0.29) is 11.5 Å². The van der Waals surface area contributed by atoms with Crippen LogP contribution >= 0.6 is 0 Å². The maximum absolute atomic E-state index is 10.5. The van der Waals surface area contributed by atoms with Crippen LogP contribution < -0.4 is 0 Å². The van der Waals surface area contributed by atoms with Gasteiger partial charge in [-0.15, -0.1) is 6.58 Å². The van der Waals surface area contributed by atoms with Crippen molar-refractivity contribution in [1.82, 2.24) is 0 Å². The number of benzene rings is 1. The molecular formula is C16H22O2. The third kappa shape index (κ3) is 3.01. The minimum Gasteiger partial charge on any atom is -0.392 e. The standard InChI is InChI=1S/C16H22O2/c1-2-6-15(17)16(9-11-18-12-10-16)13-14-7-4-3-5-8-14/h2-5,7-8,15,17H,1,6,9-13H2. The zero-order valence-corrected chi connectivity index (χ0v) is 10.8. The lowest BCUT2D eigenvalue weighted by molar-refractivity contribution is -0.0601. The molecule has 1 aromatic rings. The third-order valence-electron chi connectivity index (χ3n) is 3.98. The Morgan fingerprint density at radius 2 is 1.94 bits per heavy atom. The van der Waals surface area contributed by atoms with Crippen LogP contribution in [0.15, 0.2) is 43.0 Å². The van der Waals surface area contributed by atoms with Crippen LogP contribution in [0.5, 0.6) is 0 Å². The van der Waals surface area contributed by atoms with Crippen LogP contribution in [0.2, 0.25) is 0 Å². The summed E-state index contributed by atoms with van der Waals surface area (Å²) >= 11 is 0. The second kappa shape index (κ2) is 6.17. The van der Waals surface area contributed by atoms with E-state index in [1.54, 1.807) is 0 Å². The number of hydrogen-bond donors (Lipinski definition) is 1. The maximum atomic E-state index is 10.5. The summed E-state index contributed by atoms with van der Waals surface area (Å²) in [4.78, 5) is 0. The Bertz CT molecular complexity index is 366. The van der Waals surface area contributed by atoms with Crippen molar-refractivity contribution >= 4 is 0 Å². The Kier molecular flexibility index (Phi) is 4.56. The summed E-state index contributed by atoms with van der Waals surface area (Å²) in [5.41, 5.74) is 1.25. The molecule has 18 heavy (non-hydrogen) atoms. The summed E-state index contributed by atoms with van der Waals surface area (Å²) in [5.74, 6) is 0. The molecule has 1 atom stereocenters. The second-order valence-electron chi connectivity index (χ2n) is 5.18. The fourth-order valence-electron chi connectivity index (χ4n) is 2.82. The van der Waals surface area contributed by atoms with Gasteiger partial charge in [0.25, 0.3) is 0 Å². The molecular weight excluding hydrogens is 224 g/mol. The van der Waals surface area contributed by atoms with Gasteiger partial charge in [0.05, 0.1) is 6.10 Å². The van der Waals surface area contributed by atoms with Crippen LogP contribution in [0.4, 0.5) is 0 Å². The first-order chi connectivity index (χ1) is 8.77. The average molecular weight is 246 g/mol. The molecule has 1 aromatic carbocycles. The van der Waals surface area contributed by atoms with Crippen molar-refractivity contribution in [2.24, 2.45) is 5.41 Å². The van der Waals surface area contributed by atoms with E-state index in [1.807, 2.05) is 12.1 Å². The van der Waals surface area contributed by atoms with Gasteiger partial charge in [-0.3, -0.25) is 0 Å². The Morgan fingerprint density at radius 3 is 2.56 bits per heavy atom. The molecule has 0 spiro atoms. The van der Waals surface area contributed by atoms with Gasteiger partial charge in [-0.2, -0.15) is 0 Å². The number of rotatable bonds is 5. The van der Waals surface area contributed by atoms with Crippen molar-refractivity contribution in [3.63, 3.8) is 0 Å². The molecule has 2 nitrogen and oxygen atoms in total. The topological polar surface area (TPSA) is 29.5 Å². The van der Waals surface area contributed by atoms with E-state index in [1.165, 1.54) is 5.56 Å². The van der Waals surface area contributed by atoms with Gasteiger partial charge in [0.2, 0.25) is 0 Å². The van der Waals surface area contributed by atoms with Crippen molar-refractivity contribution in [3.8, 4) is 0 Å². The fraction of sp³-hybridized carbons (Fsp3) is 0.500. The highest BCUT2D eigenvalue weighted by atomic mass is 16.5. The predicted molar refractivity (Wildman–Crippen MR) is 73.5 cm³/mol. The SMILES string of the molecule is C=CCC(O)C1(Cc2ccccc2)CCOCC1. The highest BCUT2D eigenvalue weighted by Crippen LogP contribution is 2.39. The van der Waals surface area contributed by atoms with Gasteiger partial charge in [-0.05, 0) is 31.2 Å². The normalized spacial score (nSPS) is 20.3. The number of aliphatic hydroxyl groups excluding tert-OH is 1. The molecule has 0 radical (unpaired) electrons. The van der Waals surface area contributed by atoms with Crippen LogP contribution in [0.3, 0.4) is 0 Å². The first-order valence-electron chi connectivity index (χ1n) is 6.67. The van der Waals surface area contributed by atoms with E-state index in [0.29, 0.717) is 6.42 Å². The first kappa shape index (κ1) is 13.3. The van der Waals surface area contributed by atoms with E-state index in [9.17, 15) is 5.11 Å². The van der Waals surface area contributed by atoms with Crippen molar-refractivity contribution < 1.29 is 9.84 Å². The zero-order chi connectivity index (χ0) is 12.8. The molecule has 2 rings (SSSR count). The van der Waals surface area contributed by atoms with E-state index in [4.69, 9.17) is 4.74 Å². The number of ether oxygens (including phenoxy) is 1. The van der Waals surface area contributed by atoms with Gasteiger partial charge in [0, 0.05) is 18.6 Å². The van der Waals surface area contributed by atoms with E-state index < -0.39 is 0 Å². The molecule has 1 aliphatic rings. The molecule has 1 N–H and O–H groups in total. The van der Waals surface area contributed by atoms with Gasteiger partial charge in [0.15, 0.2) is 0 Å². The average Bonchev–Trinajstić information content (AvgIpc) is 2.41. The van der Waals surface area contributed by atoms with Crippen LogP contribution in [-0.2, 0) is 11.2 Å². The van der Waals surface area contributed by atoms with Crippen molar-refractivity contribution in [2.75, 3.05) is 13.2 Å². The van der Waals surface area contributed by atoms with Gasteiger partial charge in [0.1, 0.15) is 0 Å². The molecule has 98 valence electrons. The third-order valence-corrected chi connectivity index (χ3v) is 3.98. The van der Waals surface area contributed by atoms with Crippen LogP contribution in [0.1, 0.15) is 24.8 Å². The molecule has 1 heterocycles. The monoisotopic (exact) mass is 246 g/mol. The van der Waals surface area contributed by atoms with Crippen molar-refractivity contribution in [1.29, 1.82) is 0 Å². The molecule has 1 unspecified atom stereocenters. The summed E-state index contributed by atoms with van der Waals surface area (Å²) in [7, 11) is 0. The lowest BCUT2D eigenvalue weighted by Crippen LogP contribution is -2.42. The number of hydrogen-bond acceptors (Lipinski definition) is 2. The Labute approximate surface area is 109 Å². The highest BCUT2D eigenvalue weighted by Gasteiger charge is 2.38. The van der Waals surface area contributed by atoms with E-state index >= 15 is 0 Å². The first-order valence-corrected chi connectivity index (χ1v) is 6.67. The quantitative estimate of drug-likeness (QED) is 0.809. The van der Waals surface area contributed by atoms with Crippen molar-refractivity contribution in [2.45, 2.75) is 31.8 Å². The van der Waals surface area contributed by atoms with Gasteiger partial charge < -0.3 is 9.84 Å². The van der Waals surface area contributed by atoms with Gasteiger partial charge in [-0.1, -0.05) is 36.4 Å². The predicted octanol–water partition coefficient (Wildman–Crippen LogP) is 2.96. The molecule has 0 amide bonds. The fourth-order valence-corrected chi connectivity index (χ4v) is 2.82. The van der Waals surface area contributed by atoms with Crippen LogP contribution in [0.25, 0.3) is 0 Å². The highest BCUT2D eigenvalue weighted by molar-refractivity contribution is 5.17. The zero-order valence-electron chi connectivity index (χ0n) is 10.8. The summed E-state index contributed by atoms with van der Waals surface area (Å²) < 4.78 is 5.45. The summed E-state index contributed by atoms with van der Waals surface area (Å²) in [6.07, 6.45) is 4.93. The van der Waals surface area contributed by atoms with Crippen molar-refractivity contribution in [3.05, 3.63) is 48.6 Å². The van der Waals surface area contributed by atoms with E-state index in [0.717, 1.165) is 32.5 Å². The molecule has 0 bridgehead atoms. The molecule has 1 aliphatic heterocycles. The molecule has 0 saturated carbocycles. The van der Waals surface area contributed by atoms with Crippen LogP contribution in [-0.4, -0.2) is 24.4 Å². The molecule has 1 fully saturated rings. The minimum atomic E-state index is -0.320. The summed E-state index contributed by atoms with van der Waals surface area (Å²) in [6.45, 7) is 5.24. The second-order valence-corrected chi connectivity index (χ2v) is 5.18. The minimum absolute atomic E-state index is 0.0478. The Hall–Kier alpha value is -1.12. The largest absolute Gasteiger partial charge is 0.392 e. The smallest absolute Gasteiger partial charge is 0.0635 e. The van der Waals surface area contributed by atoms with Crippen LogP contribution in [0, 0.1) is 5.41 Å². The summed E-state index contributed by atoms with van der Waals surface area (Å²) in [6, 6.07) is 10.4. The van der Waals surface area contributed by atoms with E-state index in [2.05, 4.69) is 30.8 Å². The molecule has 0 aliphatic carbocycles. The molecule has 2 heteroatoms.